The second-order valence-corrected chi connectivity index (χ2v) is 8.71. The fourth-order valence-electron chi connectivity index (χ4n) is 4.06. The average Bonchev–Trinajstić information content (AvgIpc) is 3.12. The topological polar surface area (TPSA) is 55.7 Å². The van der Waals surface area contributed by atoms with Crippen molar-refractivity contribution in [3.8, 4) is 0 Å². The van der Waals surface area contributed by atoms with Gasteiger partial charge in [0.25, 0.3) is 0 Å². The quantitative estimate of drug-likeness (QED) is 0.688. The van der Waals surface area contributed by atoms with E-state index in [0.717, 1.165) is 45.1 Å². The number of nitrogens with zero attached hydrogens (tertiary/aromatic N) is 1. The van der Waals surface area contributed by atoms with E-state index in [1.54, 1.807) is 11.3 Å². The Labute approximate surface area is 169 Å². The molecule has 0 saturated carbocycles. The maximum absolute atomic E-state index is 13.1. The Morgan fingerprint density at radius 1 is 1.14 bits per heavy atom. The summed E-state index contributed by atoms with van der Waals surface area (Å²) in [5.41, 5.74) is 3.26. The number of hydrogen-bond acceptors (Lipinski definition) is 5. The number of thiophene rings is 1. The zero-order chi connectivity index (χ0) is 19.7. The lowest BCUT2D eigenvalue weighted by Crippen LogP contribution is -2.36. The summed E-state index contributed by atoms with van der Waals surface area (Å²) in [6.45, 7) is 4.14. The van der Waals surface area contributed by atoms with E-state index in [1.165, 1.54) is 0 Å². The Morgan fingerprint density at radius 3 is 2.64 bits per heavy atom. The molecule has 0 fully saturated rings. The van der Waals surface area contributed by atoms with E-state index in [0.29, 0.717) is 6.42 Å². The number of ether oxygens (including phenoxy) is 1. The first-order valence-electron chi connectivity index (χ1n) is 9.63. The smallest absolute Gasteiger partial charge is 0.316 e. The van der Waals surface area contributed by atoms with Crippen molar-refractivity contribution in [1.82, 2.24) is 0 Å². The third-order valence-corrected chi connectivity index (χ3v) is 6.46. The van der Waals surface area contributed by atoms with E-state index in [4.69, 9.17) is 4.74 Å². The van der Waals surface area contributed by atoms with Crippen molar-refractivity contribution in [2.45, 2.75) is 45.6 Å². The van der Waals surface area contributed by atoms with Gasteiger partial charge >= 0.3 is 5.97 Å². The number of aliphatic imine (C=N–C) groups is 1. The highest BCUT2D eigenvalue weighted by atomic mass is 32.1. The van der Waals surface area contributed by atoms with Gasteiger partial charge in [-0.05, 0) is 44.4 Å². The minimum atomic E-state index is -0.553. The number of Topliss-reactive ketones (excluding diaryl/α,β-unsaturated/α-hetero) is 1. The first kappa shape index (κ1) is 18.8. The number of carbonyl (C=O) groups is 2. The summed E-state index contributed by atoms with van der Waals surface area (Å²) < 4.78 is 5.66. The maximum atomic E-state index is 13.1. The first-order valence-corrected chi connectivity index (χ1v) is 10.4. The molecule has 1 aliphatic carbocycles. The van der Waals surface area contributed by atoms with Gasteiger partial charge in [0, 0.05) is 39.1 Å². The summed E-state index contributed by atoms with van der Waals surface area (Å²) in [5, 5.41) is 0. The van der Waals surface area contributed by atoms with Crippen molar-refractivity contribution in [2.75, 3.05) is 0 Å². The van der Waals surface area contributed by atoms with Crippen LogP contribution >= 0.6 is 11.3 Å². The standard InChI is InChI=1S/C23H23NO3S/c1-14-11-12-19(28-14)22-20(23(26)27-13-16-7-4-3-5-8-16)15(2)24-17-9-6-10-18(25)21(17)22/h3-5,7-8,11-12,20,22H,6,9-10,13H2,1-2H3/t20-,22-/m1/s1. The Balaban J connectivity index is 1.68. The molecule has 1 aliphatic heterocycles. The largest absolute Gasteiger partial charge is 0.460 e. The molecule has 0 saturated heterocycles. The Bertz CT molecular complexity index is 971. The van der Waals surface area contributed by atoms with E-state index in [1.807, 2.05) is 56.3 Å². The number of allylic oxidation sites excluding steroid dienone is 2. The van der Waals surface area contributed by atoms with Gasteiger partial charge in [0.05, 0.1) is 0 Å². The third-order valence-electron chi connectivity index (χ3n) is 5.38. The lowest BCUT2D eigenvalue weighted by Gasteiger charge is -2.33. The highest BCUT2D eigenvalue weighted by Crippen LogP contribution is 2.45. The molecule has 0 amide bonds. The molecule has 28 heavy (non-hydrogen) atoms. The molecule has 0 radical (unpaired) electrons. The van der Waals surface area contributed by atoms with E-state index in [9.17, 15) is 9.59 Å². The highest BCUT2D eigenvalue weighted by Gasteiger charge is 2.43. The van der Waals surface area contributed by atoms with Crippen LogP contribution in [0.3, 0.4) is 0 Å². The van der Waals surface area contributed by atoms with E-state index >= 15 is 0 Å². The normalized spacial score (nSPS) is 21.9. The molecule has 1 aromatic heterocycles. The molecule has 2 atom stereocenters. The van der Waals surface area contributed by atoms with Crippen molar-refractivity contribution in [1.29, 1.82) is 0 Å². The van der Waals surface area contributed by atoms with Gasteiger partial charge in [0.1, 0.15) is 12.5 Å². The lowest BCUT2D eigenvalue weighted by molar-refractivity contribution is -0.147. The van der Waals surface area contributed by atoms with Crippen LogP contribution in [0, 0.1) is 12.8 Å². The Kier molecular flexibility index (Phi) is 5.27. The monoisotopic (exact) mass is 393 g/mol. The maximum Gasteiger partial charge on any atom is 0.316 e. The van der Waals surface area contributed by atoms with Crippen LogP contribution in [0.25, 0.3) is 0 Å². The van der Waals surface area contributed by atoms with Crippen LogP contribution in [0.15, 0.2) is 58.7 Å². The predicted molar refractivity (Wildman–Crippen MR) is 111 cm³/mol. The van der Waals surface area contributed by atoms with Crippen LogP contribution in [0.4, 0.5) is 0 Å². The van der Waals surface area contributed by atoms with Gasteiger partial charge in [0.2, 0.25) is 0 Å². The summed E-state index contributed by atoms with van der Waals surface area (Å²) in [4.78, 5) is 32.8. The summed E-state index contributed by atoms with van der Waals surface area (Å²) >= 11 is 1.64. The second kappa shape index (κ2) is 7.84. The minimum Gasteiger partial charge on any atom is -0.460 e. The molecular weight excluding hydrogens is 370 g/mol. The molecule has 0 spiro atoms. The van der Waals surface area contributed by atoms with Gasteiger partial charge in [-0.3, -0.25) is 14.6 Å². The second-order valence-electron chi connectivity index (χ2n) is 7.39. The van der Waals surface area contributed by atoms with Crippen LogP contribution < -0.4 is 0 Å². The van der Waals surface area contributed by atoms with E-state index < -0.39 is 5.92 Å². The van der Waals surface area contributed by atoms with Crippen molar-refractivity contribution in [2.24, 2.45) is 10.9 Å². The number of esters is 1. The van der Waals surface area contributed by atoms with E-state index in [-0.39, 0.29) is 24.3 Å². The summed E-state index contributed by atoms with van der Waals surface area (Å²) in [6.07, 6.45) is 2.15. The van der Waals surface area contributed by atoms with Crippen molar-refractivity contribution >= 4 is 28.8 Å². The van der Waals surface area contributed by atoms with Gasteiger partial charge in [-0.25, -0.2) is 0 Å². The van der Waals surface area contributed by atoms with Crippen LogP contribution in [0.2, 0.25) is 0 Å². The van der Waals surface area contributed by atoms with Gasteiger partial charge in [-0.2, -0.15) is 0 Å². The molecular formula is C23H23NO3S. The lowest BCUT2D eigenvalue weighted by atomic mass is 9.74. The van der Waals surface area contributed by atoms with Crippen LogP contribution in [0.1, 0.15) is 47.4 Å². The van der Waals surface area contributed by atoms with Crippen LogP contribution in [0.5, 0.6) is 0 Å². The minimum absolute atomic E-state index is 0.120. The SMILES string of the molecule is CC1=NC2=C(C(=O)CCC2)[C@H](c2ccc(C)s2)[C@@H]1C(=O)OCc1ccccc1. The van der Waals surface area contributed by atoms with Gasteiger partial charge in [-0.15, -0.1) is 11.3 Å². The molecule has 2 heterocycles. The molecule has 0 unspecified atom stereocenters. The fraction of sp³-hybridized carbons (Fsp3) is 0.348. The number of carbonyl (C=O) groups excluding carboxylic acids is 2. The zero-order valence-corrected chi connectivity index (χ0v) is 16.9. The zero-order valence-electron chi connectivity index (χ0n) is 16.1. The Hall–Kier alpha value is -2.53. The summed E-state index contributed by atoms with van der Waals surface area (Å²) in [6, 6.07) is 13.7. The molecule has 144 valence electrons. The fourth-order valence-corrected chi connectivity index (χ4v) is 5.08. The number of rotatable bonds is 4. The van der Waals surface area contributed by atoms with Crippen LogP contribution in [-0.2, 0) is 20.9 Å². The van der Waals surface area contributed by atoms with Crippen molar-refractivity contribution < 1.29 is 14.3 Å². The molecule has 1 aromatic carbocycles. The van der Waals surface area contributed by atoms with Gasteiger partial charge in [-0.1, -0.05) is 30.3 Å². The molecule has 4 nitrogen and oxygen atoms in total. The molecule has 4 rings (SSSR count). The molecule has 0 bridgehead atoms. The summed E-state index contributed by atoms with van der Waals surface area (Å²) in [5.74, 6) is -1.04. The number of hydrogen-bond donors (Lipinski definition) is 0. The first-order chi connectivity index (χ1) is 13.5. The number of benzene rings is 1. The van der Waals surface area contributed by atoms with E-state index in [2.05, 4.69) is 4.99 Å². The molecule has 2 aliphatic rings. The predicted octanol–water partition coefficient (Wildman–Crippen LogP) is 4.98. The average molecular weight is 394 g/mol. The number of aryl methyl sites for hydroxylation is 1. The number of ketones is 1. The molecule has 0 N–H and O–H groups in total. The molecule has 5 heteroatoms. The van der Waals surface area contributed by atoms with Crippen molar-refractivity contribution in [3.63, 3.8) is 0 Å². The highest BCUT2D eigenvalue weighted by molar-refractivity contribution is 7.12. The van der Waals surface area contributed by atoms with Gasteiger partial charge < -0.3 is 4.74 Å². The van der Waals surface area contributed by atoms with Gasteiger partial charge in [0.15, 0.2) is 5.78 Å². The Morgan fingerprint density at radius 2 is 1.93 bits per heavy atom. The summed E-state index contributed by atoms with van der Waals surface area (Å²) in [7, 11) is 0. The van der Waals surface area contributed by atoms with Crippen LogP contribution in [-0.4, -0.2) is 17.5 Å². The third kappa shape index (κ3) is 3.59. The molecule has 2 aromatic rings. The van der Waals surface area contributed by atoms with Crippen molar-refractivity contribution in [3.05, 3.63) is 69.1 Å².